The van der Waals surface area contributed by atoms with Crippen LogP contribution in [0.2, 0.25) is 0 Å². The van der Waals surface area contributed by atoms with E-state index in [1.54, 1.807) is 30.0 Å². The van der Waals surface area contributed by atoms with Gasteiger partial charge in [0, 0.05) is 46.2 Å². The third-order valence-electron chi connectivity index (χ3n) is 4.28. The zero-order valence-electron chi connectivity index (χ0n) is 19.1. The Bertz CT molecular complexity index is 964. The van der Waals surface area contributed by atoms with Crippen molar-refractivity contribution in [3.05, 3.63) is 47.5 Å². The molecule has 2 rings (SSSR count). The van der Waals surface area contributed by atoms with E-state index in [0.29, 0.717) is 28.6 Å². The summed E-state index contributed by atoms with van der Waals surface area (Å²) in [5, 5.41) is 33.3. The van der Waals surface area contributed by atoms with E-state index in [2.05, 4.69) is 9.37 Å². The van der Waals surface area contributed by atoms with Crippen LogP contribution in [-0.4, -0.2) is 46.2 Å². The minimum Gasteiger partial charge on any atom is -0.748 e. The van der Waals surface area contributed by atoms with Crippen LogP contribution in [0.3, 0.4) is 0 Å². The molecule has 0 aliphatic carbocycles. The molecule has 8 nitrogen and oxygen atoms in total. The number of thioether (sulfide) groups is 2. The maximum absolute atomic E-state index is 10.7. The molecule has 0 bridgehead atoms. The van der Waals surface area contributed by atoms with Crippen LogP contribution in [0.1, 0.15) is 24.0 Å². The summed E-state index contributed by atoms with van der Waals surface area (Å²) in [6, 6.07) is 10.6. The van der Waals surface area contributed by atoms with Crippen molar-refractivity contribution in [1.29, 1.82) is 0 Å². The molecule has 14 heteroatoms. The second-order valence-electron chi connectivity index (χ2n) is 6.72. The topological polar surface area (TPSA) is 139 Å². The average molecular weight is 567 g/mol. The van der Waals surface area contributed by atoms with Gasteiger partial charge in [0.25, 0.3) is 0 Å². The molecule has 34 heavy (non-hydrogen) atoms. The third-order valence-corrected chi connectivity index (χ3v) is 7.86. The summed E-state index contributed by atoms with van der Waals surface area (Å²) in [6.07, 6.45) is 1.09. The maximum atomic E-state index is 10.7. The van der Waals surface area contributed by atoms with E-state index in [1.165, 1.54) is 11.8 Å². The van der Waals surface area contributed by atoms with Crippen LogP contribution in [0.25, 0.3) is 11.1 Å². The molecule has 0 aromatic heterocycles. The van der Waals surface area contributed by atoms with Gasteiger partial charge in [0.2, 0.25) is 0 Å². The number of hydrogen-bond donors (Lipinski definition) is 2. The van der Waals surface area contributed by atoms with Crippen molar-refractivity contribution in [1.82, 2.24) is 0 Å². The van der Waals surface area contributed by atoms with E-state index in [1.807, 2.05) is 18.2 Å². The van der Waals surface area contributed by atoms with E-state index in [4.69, 9.17) is 0 Å². The minimum absolute atomic E-state index is 0. The van der Waals surface area contributed by atoms with Gasteiger partial charge in [-0.15, -0.1) is 0 Å². The monoisotopic (exact) mass is 566 g/mol. The number of rotatable bonds is 15. The molecule has 0 fully saturated rings. The summed E-state index contributed by atoms with van der Waals surface area (Å²) >= 11 is 4.05. The van der Waals surface area contributed by atoms with Gasteiger partial charge in [0.1, 0.15) is 11.5 Å². The Kier molecular flexibility index (Phi) is 19.5. The third kappa shape index (κ3) is 14.0. The van der Waals surface area contributed by atoms with Crippen LogP contribution >= 0.6 is 35.6 Å². The summed E-state index contributed by atoms with van der Waals surface area (Å²) in [7, 11) is -4.20. The van der Waals surface area contributed by atoms with Crippen LogP contribution in [-0.2, 0) is 31.0 Å². The first kappa shape index (κ1) is 34.9. The molecule has 0 saturated heterocycles. The van der Waals surface area contributed by atoms with Gasteiger partial charge < -0.3 is 20.0 Å². The largest absolute Gasteiger partial charge is 1.00 e. The maximum Gasteiger partial charge on any atom is 1.00 e. The first-order chi connectivity index (χ1) is 15.3. The first-order valence-corrected chi connectivity index (χ1v) is 14.4. The van der Waals surface area contributed by atoms with Gasteiger partial charge in [-0.25, -0.2) is 8.42 Å². The smallest absolute Gasteiger partial charge is 0.748 e. The molecule has 0 radical (unpaired) electrons. The van der Waals surface area contributed by atoms with Gasteiger partial charge in [-0.2, -0.15) is 27.9 Å². The van der Waals surface area contributed by atoms with Gasteiger partial charge in [-0.3, -0.25) is 5.04 Å². The molecule has 0 aliphatic heterocycles. The van der Waals surface area contributed by atoms with Crippen molar-refractivity contribution in [3.63, 3.8) is 0 Å². The fraction of sp³-hybridized carbons (Fsp3) is 0.400. The second-order valence-corrected chi connectivity index (χ2v) is 11.2. The predicted octanol–water partition coefficient (Wildman–Crippen LogP) is -2.56. The van der Waals surface area contributed by atoms with Crippen molar-refractivity contribution in [3.8, 4) is 22.6 Å². The van der Waals surface area contributed by atoms with Gasteiger partial charge in [-0.05, 0) is 59.7 Å². The summed E-state index contributed by atoms with van der Waals surface area (Å²) in [4.78, 5) is 0. The molecular formula is C20H24Na2O8S4. The number of hydrogen-bond acceptors (Lipinski definition) is 11. The molecule has 0 saturated carbocycles. The average Bonchev–Trinajstić information content (AvgIpc) is 2.74. The van der Waals surface area contributed by atoms with Crippen molar-refractivity contribution < 1.29 is 96.9 Å². The molecule has 0 heterocycles. The van der Waals surface area contributed by atoms with Crippen LogP contribution in [0.5, 0.6) is 11.5 Å². The number of phenolic OH excluding ortho intramolecular Hbond substituents is 2. The molecule has 178 valence electrons. The Hall–Kier alpha value is 0.880. The fourth-order valence-corrected chi connectivity index (χ4v) is 5.86. The number of benzene rings is 2. The molecule has 0 aliphatic rings. The van der Waals surface area contributed by atoms with Crippen LogP contribution in [0.4, 0.5) is 0 Å². The van der Waals surface area contributed by atoms with Crippen LogP contribution in [0.15, 0.2) is 36.4 Å². The van der Waals surface area contributed by atoms with Gasteiger partial charge in [-0.1, -0.05) is 12.1 Å². The Morgan fingerprint density at radius 1 is 0.824 bits per heavy atom. The number of aromatic hydroxyl groups is 2. The van der Waals surface area contributed by atoms with E-state index >= 15 is 0 Å². The normalized spacial score (nSPS) is 11.0. The Morgan fingerprint density at radius 2 is 1.32 bits per heavy atom. The molecule has 0 amide bonds. The van der Waals surface area contributed by atoms with Gasteiger partial charge in [0.15, 0.2) is 0 Å². The number of phenols is 2. The zero-order valence-corrected chi connectivity index (χ0v) is 26.4. The molecule has 2 aromatic rings. The van der Waals surface area contributed by atoms with Crippen molar-refractivity contribution >= 4 is 45.7 Å². The molecule has 2 aromatic carbocycles. The Labute approximate surface area is 257 Å². The zero-order chi connectivity index (χ0) is 23.4. The van der Waals surface area contributed by atoms with E-state index in [-0.39, 0.29) is 82.8 Å². The summed E-state index contributed by atoms with van der Waals surface area (Å²) in [5.41, 5.74) is 3.29. The van der Waals surface area contributed by atoms with Crippen LogP contribution in [0, 0.1) is 0 Å². The van der Waals surface area contributed by atoms with E-state index < -0.39 is 10.1 Å². The van der Waals surface area contributed by atoms with E-state index in [9.17, 15) is 28.4 Å². The molecular weight excluding hydrogens is 542 g/mol. The first-order valence-electron chi connectivity index (χ1n) is 9.61. The fourth-order valence-electron chi connectivity index (χ4n) is 2.74. The van der Waals surface area contributed by atoms with Gasteiger partial charge >= 0.3 is 59.1 Å². The summed E-state index contributed by atoms with van der Waals surface area (Å²) < 4.78 is 36.2. The summed E-state index contributed by atoms with van der Waals surface area (Å²) in [6.45, 7) is 0. The molecule has 0 atom stereocenters. The molecule has 0 spiro atoms. The Balaban J connectivity index is 0.00000544. The molecule has 2 N–H and O–H groups in total. The quantitative estimate of drug-likeness (QED) is 0.0588. The Morgan fingerprint density at radius 3 is 1.79 bits per heavy atom. The minimum atomic E-state index is -4.20. The molecule has 0 unspecified atom stereocenters. The van der Waals surface area contributed by atoms with E-state index in [0.717, 1.165) is 40.9 Å². The van der Waals surface area contributed by atoms with Crippen molar-refractivity contribution in [2.75, 3.05) is 23.0 Å². The van der Waals surface area contributed by atoms with Crippen LogP contribution < -0.4 is 64.4 Å². The second kappa shape index (κ2) is 19.0. The summed E-state index contributed by atoms with van der Waals surface area (Å²) in [5.74, 6) is 3.03. The van der Waals surface area contributed by atoms with Crippen molar-refractivity contribution in [2.45, 2.75) is 24.3 Å². The SMILES string of the molecule is O=S(=O)([O-])CCCSCc1cc(-c2ccc(O)c(CSCCCSOO[O-])c2)ccc1O.[Na+].[Na+]. The van der Waals surface area contributed by atoms with Crippen molar-refractivity contribution in [2.24, 2.45) is 0 Å². The predicted molar refractivity (Wildman–Crippen MR) is 126 cm³/mol. The standard InChI is InChI=1S/C20H26O8S4.2Na/c21-19-5-3-15(11-17(19)13-29-7-1-9-31-28-27-23)16-4-6-20(22)18(12-16)14-30-8-2-10-32(24,25)26;;/h3-6,11-12,21-23H,1-2,7-10,13-14H2,(H,24,25,26);;/q;2*+1/p-2. The van der Waals surface area contributed by atoms with Gasteiger partial charge in [0.05, 0.1) is 10.1 Å².